The third-order valence-electron chi connectivity index (χ3n) is 3.97. The van der Waals surface area contributed by atoms with Crippen LogP contribution >= 0.6 is 0 Å². The summed E-state index contributed by atoms with van der Waals surface area (Å²) < 4.78 is 14.7. The largest absolute Gasteiger partial charge is 0.345 e. The van der Waals surface area contributed by atoms with Gasteiger partial charge in [0.15, 0.2) is 0 Å². The number of amides is 1. The van der Waals surface area contributed by atoms with E-state index in [0.29, 0.717) is 16.9 Å². The zero-order chi connectivity index (χ0) is 17.1. The first kappa shape index (κ1) is 15.9. The highest BCUT2D eigenvalue weighted by atomic mass is 19.1. The van der Waals surface area contributed by atoms with E-state index in [1.165, 1.54) is 18.3 Å². The minimum atomic E-state index is -0.307. The molecule has 4 nitrogen and oxygen atoms in total. The van der Waals surface area contributed by atoms with E-state index in [-0.39, 0.29) is 17.8 Å². The van der Waals surface area contributed by atoms with Crippen LogP contribution in [0.15, 0.2) is 60.8 Å². The normalized spacial score (nSPS) is 12.0. The van der Waals surface area contributed by atoms with E-state index in [1.54, 1.807) is 16.8 Å². The molecule has 1 aromatic heterocycles. The molecule has 0 radical (unpaired) electrons. The molecule has 0 saturated carbocycles. The summed E-state index contributed by atoms with van der Waals surface area (Å²) in [5, 5.41) is 7.23. The van der Waals surface area contributed by atoms with Gasteiger partial charge in [0.1, 0.15) is 5.82 Å². The molecule has 0 saturated heterocycles. The van der Waals surface area contributed by atoms with Crippen molar-refractivity contribution in [3.63, 3.8) is 0 Å². The fourth-order valence-electron chi connectivity index (χ4n) is 2.57. The molecule has 0 aliphatic carbocycles. The summed E-state index contributed by atoms with van der Waals surface area (Å²) in [5.41, 5.74) is 2.96. The van der Waals surface area contributed by atoms with Gasteiger partial charge >= 0.3 is 0 Å². The number of hydrogen-bond acceptors (Lipinski definition) is 2. The third-order valence-corrected chi connectivity index (χ3v) is 3.97. The lowest BCUT2D eigenvalue weighted by Crippen LogP contribution is -2.27. The maximum atomic E-state index is 13.0. The van der Waals surface area contributed by atoms with Crippen molar-refractivity contribution in [2.75, 3.05) is 0 Å². The molecular weight excluding hydrogens is 305 g/mol. The number of nitrogens with zero attached hydrogens (tertiary/aromatic N) is 2. The molecule has 0 aliphatic rings. The molecule has 1 N–H and O–H groups in total. The second-order valence-electron chi connectivity index (χ2n) is 5.64. The second kappa shape index (κ2) is 6.66. The molecule has 3 rings (SSSR count). The van der Waals surface area contributed by atoms with Crippen LogP contribution in [0.5, 0.6) is 0 Å². The summed E-state index contributed by atoms with van der Waals surface area (Å²) in [7, 11) is 0. The Hall–Kier alpha value is -2.95. The van der Waals surface area contributed by atoms with E-state index in [4.69, 9.17) is 0 Å². The van der Waals surface area contributed by atoms with Gasteiger partial charge in [0.2, 0.25) is 0 Å². The smallest absolute Gasteiger partial charge is 0.255 e. The van der Waals surface area contributed by atoms with Crippen molar-refractivity contribution in [2.24, 2.45) is 0 Å². The number of rotatable bonds is 4. The third kappa shape index (κ3) is 3.20. The molecule has 1 amide bonds. The van der Waals surface area contributed by atoms with Crippen LogP contribution in [0.3, 0.4) is 0 Å². The number of halogens is 1. The van der Waals surface area contributed by atoms with Crippen LogP contribution in [0.25, 0.3) is 5.69 Å². The quantitative estimate of drug-likeness (QED) is 0.793. The van der Waals surface area contributed by atoms with E-state index < -0.39 is 0 Å². The molecule has 0 bridgehead atoms. The lowest BCUT2D eigenvalue weighted by molar-refractivity contribution is 0.0939. The van der Waals surface area contributed by atoms with E-state index in [9.17, 15) is 9.18 Å². The Morgan fingerprint density at radius 2 is 1.79 bits per heavy atom. The summed E-state index contributed by atoms with van der Waals surface area (Å²) in [6.07, 6.45) is 1.53. The first-order valence-corrected chi connectivity index (χ1v) is 7.72. The van der Waals surface area contributed by atoms with Crippen molar-refractivity contribution >= 4 is 5.91 Å². The maximum absolute atomic E-state index is 13.0. The summed E-state index contributed by atoms with van der Waals surface area (Å²) in [5.74, 6) is -0.490. The summed E-state index contributed by atoms with van der Waals surface area (Å²) >= 11 is 0. The minimum Gasteiger partial charge on any atom is -0.345 e. The molecule has 0 spiro atoms. The SMILES string of the molecule is Cc1c(C(=O)NC(C)c2ccccc2)cnn1-c1ccc(F)cc1. The number of carbonyl (C=O) groups excluding carboxylic acids is 1. The van der Waals surface area contributed by atoms with Crippen LogP contribution in [0, 0.1) is 12.7 Å². The molecule has 1 atom stereocenters. The molecule has 122 valence electrons. The van der Waals surface area contributed by atoms with Gasteiger partial charge in [-0.2, -0.15) is 5.10 Å². The standard InChI is InChI=1S/C19H18FN3O/c1-13(15-6-4-3-5-7-15)22-19(24)18-12-21-23(14(18)2)17-10-8-16(20)9-11-17/h3-13H,1-2H3,(H,22,24). The van der Waals surface area contributed by atoms with Gasteiger partial charge in [-0.25, -0.2) is 9.07 Å². The lowest BCUT2D eigenvalue weighted by Gasteiger charge is -2.14. The Morgan fingerprint density at radius 3 is 2.46 bits per heavy atom. The highest BCUT2D eigenvalue weighted by Crippen LogP contribution is 2.17. The fraction of sp³-hybridized carbons (Fsp3) is 0.158. The number of benzene rings is 2. The fourth-order valence-corrected chi connectivity index (χ4v) is 2.57. The van der Waals surface area contributed by atoms with Crippen LogP contribution in [-0.4, -0.2) is 15.7 Å². The van der Waals surface area contributed by atoms with Crippen molar-refractivity contribution in [3.05, 3.63) is 83.4 Å². The zero-order valence-electron chi connectivity index (χ0n) is 13.5. The molecule has 5 heteroatoms. The highest BCUT2D eigenvalue weighted by molar-refractivity contribution is 5.95. The van der Waals surface area contributed by atoms with Crippen LogP contribution in [0.4, 0.5) is 4.39 Å². The Bertz CT molecular complexity index is 841. The summed E-state index contributed by atoms with van der Waals surface area (Å²) in [6.45, 7) is 3.76. The van der Waals surface area contributed by atoms with Crippen molar-refractivity contribution in [3.8, 4) is 5.69 Å². The molecule has 0 aliphatic heterocycles. The van der Waals surface area contributed by atoms with Crippen LogP contribution in [0.1, 0.15) is 34.6 Å². The number of carbonyl (C=O) groups is 1. The molecule has 1 heterocycles. The first-order valence-electron chi connectivity index (χ1n) is 7.72. The predicted octanol–water partition coefficient (Wildman–Crippen LogP) is 3.81. The van der Waals surface area contributed by atoms with Crippen LogP contribution < -0.4 is 5.32 Å². The second-order valence-corrected chi connectivity index (χ2v) is 5.64. The van der Waals surface area contributed by atoms with E-state index in [2.05, 4.69) is 10.4 Å². The topological polar surface area (TPSA) is 46.9 Å². The zero-order valence-corrected chi connectivity index (χ0v) is 13.5. The Balaban J connectivity index is 1.80. The first-order chi connectivity index (χ1) is 11.6. The van der Waals surface area contributed by atoms with Gasteiger partial charge in [0.25, 0.3) is 5.91 Å². The molecule has 0 fully saturated rings. The number of nitrogens with one attached hydrogen (secondary N) is 1. The maximum Gasteiger partial charge on any atom is 0.255 e. The Kier molecular flexibility index (Phi) is 4.42. The van der Waals surface area contributed by atoms with Gasteiger partial charge in [-0.1, -0.05) is 30.3 Å². The molecule has 2 aromatic carbocycles. The van der Waals surface area contributed by atoms with Gasteiger partial charge in [-0.05, 0) is 43.7 Å². The van der Waals surface area contributed by atoms with Crippen molar-refractivity contribution in [1.29, 1.82) is 0 Å². The van der Waals surface area contributed by atoms with Crippen molar-refractivity contribution < 1.29 is 9.18 Å². The Labute approximate surface area is 139 Å². The summed E-state index contributed by atoms with van der Waals surface area (Å²) in [6, 6.07) is 15.7. The number of aromatic nitrogens is 2. The average Bonchev–Trinajstić information content (AvgIpc) is 2.98. The molecular formula is C19H18FN3O. The van der Waals surface area contributed by atoms with Gasteiger partial charge in [-0.3, -0.25) is 4.79 Å². The van der Waals surface area contributed by atoms with Gasteiger partial charge in [0, 0.05) is 0 Å². The monoisotopic (exact) mass is 323 g/mol. The minimum absolute atomic E-state index is 0.104. The lowest BCUT2D eigenvalue weighted by atomic mass is 10.1. The van der Waals surface area contributed by atoms with Crippen molar-refractivity contribution in [1.82, 2.24) is 15.1 Å². The van der Waals surface area contributed by atoms with E-state index in [1.807, 2.05) is 44.2 Å². The van der Waals surface area contributed by atoms with Crippen LogP contribution in [0.2, 0.25) is 0 Å². The predicted molar refractivity (Wildman–Crippen MR) is 90.6 cm³/mol. The summed E-state index contributed by atoms with van der Waals surface area (Å²) in [4.78, 5) is 12.5. The van der Waals surface area contributed by atoms with Gasteiger partial charge in [0.05, 0.1) is 29.2 Å². The van der Waals surface area contributed by atoms with Gasteiger partial charge < -0.3 is 5.32 Å². The van der Waals surface area contributed by atoms with Crippen LogP contribution in [-0.2, 0) is 0 Å². The molecule has 24 heavy (non-hydrogen) atoms. The van der Waals surface area contributed by atoms with E-state index in [0.717, 1.165) is 5.56 Å². The van der Waals surface area contributed by atoms with E-state index >= 15 is 0 Å². The average molecular weight is 323 g/mol. The highest BCUT2D eigenvalue weighted by Gasteiger charge is 2.17. The molecule has 1 unspecified atom stereocenters. The molecule has 3 aromatic rings. The Morgan fingerprint density at radius 1 is 1.12 bits per heavy atom. The van der Waals surface area contributed by atoms with Crippen molar-refractivity contribution in [2.45, 2.75) is 19.9 Å². The van der Waals surface area contributed by atoms with Gasteiger partial charge in [-0.15, -0.1) is 0 Å². The number of hydrogen-bond donors (Lipinski definition) is 1.